The fraction of sp³-hybridized carbons (Fsp3) is 0.333. The minimum atomic E-state index is -0.171. The summed E-state index contributed by atoms with van der Waals surface area (Å²) in [4.78, 5) is 26.0. The highest BCUT2D eigenvalue weighted by Crippen LogP contribution is 2.38. The van der Waals surface area contributed by atoms with Crippen LogP contribution in [-0.2, 0) is 17.9 Å². The van der Waals surface area contributed by atoms with Gasteiger partial charge in [-0.05, 0) is 41.8 Å². The molecular weight excluding hydrogens is 380 g/mol. The van der Waals surface area contributed by atoms with Crippen molar-refractivity contribution in [2.24, 2.45) is 0 Å². The quantitative estimate of drug-likeness (QED) is 0.837. The van der Waals surface area contributed by atoms with Crippen LogP contribution >= 0.6 is 11.6 Å². The molecule has 7 heteroatoms. The lowest BCUT2D eigenvalue weighted by atomic mass is 10.1. The summed E-state index contributed by atoms with van der Waals surface area (Å²) in [6.07, 6.45) is 1.55. The van der Waals surface area contributed by atoms with Crippen molar-refractivity contribution in [3.63, 3.8) is 0 Å². The summed E-state index contributed by atoms with van der Waals surface area (Å²) < 4.78 is 11.1. The van der Waals surface area contributed by atoms with Gasteiger partial charge in [0.25, 0.3) is 5.91 Å². The summed E-state index contributed by atoms with van der Waals surface area (Å²) in [5, 5.41) is 3.36. The highest BCUT2D eigenvalue weighted by Gasteiger charge is 2.20. The van der Waals surface area contributed by atoms with Crippen LogP contribution in [0.1, 0.15) is 34.3 Å². The Morgan fingerprint density at radius 1 is 1.11 bits per heavy atom. The Kier molecular flexibility index (Phi) is 5.39. The van der Waals surface area contributed by atoms with Gasteiger partial charge in [0.05, 0.1) is 5.02 Å². The first-order valence-electron chi connectivity index (χ1n) is 9.33. The van der Waals surface area contributed by atoms with Crippen LogP contribution in [0, 0.1) is 0 Å². The zero-order valence-corrected chi connectivity index (χ0v) is 16.1. The molecule has 0 unspecified atom stereocenters. The number of nitrogens with one attached hydrogen (secondary N) is 1. The Bertz CT molecular complexity index is 898. The van der Waals surface area contributed by atoms with Crippen LogP contribution in [-0.4, -0.2) is 36.5 Å². The highest BCUT2D eigenvalue weighted by atomic mass is 35.5. The van der Waals surface area contributed by atoms with E-state index in [9.17, 15) is 9.59 Å². The molecule has 6 nitrogen and oxygen atoms in total. The molecule has 2 heterocycles. The van der Waals surface area contributed by atoms with E-state index in [0.717, 1.165) is 24.1 Å². The van der Waals surface area contributed by atoms with Crippen molar-refractivity contribution >= 4 is 23.4 Å². The summed E-state index contributed by atoms with van der Waals surface area (Å²) in [7, 11) is 0. The molecule has 0 bridgehead atoms. The molecule has 1 fully saturated rings. The molecule has 0 aromatic heterocycles. The van der Waals surface area contributed by atoms with Crippen LogP contribution in [0.2, 0.25) is 5.02 Å². The van der Waals surface area contributed by atoms with E-state index in [0.29, 0.717) is 54.8 Å². The summed E-state index contributed by atoms with van der Waals surface area (Å²) >= 11 is 6.23. The number of hydrogen-bond donors (Lipinski definition) is 1. The van der Waals surface area contributed by atoms with E-state index in [1.807, 2.05) is 23.1 Å². The SMILES string of the molecule is O=C(NCc1cc(Cl)c2c(c1)OCCO2)c1ccc(CN2CCCC2=O)cc1. The average Bonchev–Trinajstić information content (AvgIpc) is 3.11. The Hall–Kier alpha value is -2.73. The molecule has 0 spiro atoms. The second kappa shape index (κ2) is 8.10. The molecule has 0 atom stereocenters. The first-order valence-corrected chi connectivity index (χ1v) is 9.71. The number of rotatable bonds is 5. The van der Waals surface area contributed by atoms with Gasteiger partial charge in [-0.2, -0.15) is 0 Å². The fourth-order valence-electron chi connectivity index (χ4n) is 3.40. The van der Waals surface area contributed by atoms with Gasteiger partial charge in [-0.1, -0.05) is 23.7 Å². The van der Waals surface area contributed by atoms with E-state index >= 15 is 0 Å². The van der Waals surface area contributed by atoms with Crippen molar-refractivity contribution in [1.82, 2.24) is 10.2 Å². The minimum absolute atomic E-state index is 0.171. The Labute approximate surface area is 168 Å². The second-order valence-electron chi connectivity index (χ2n) is 6.90. The number of hydrogen-bond acceptors (Lipinski definition) is 4. The van der Waals surface area contributed by atoms with Crippen LogP contribution in [0.3, 0.4) is 0 Å². The first kappa shape index (κ1) is 18.6. The van der Waals surface area contributed by atoms with Gasteiger partial charge < -0.3 is 19.7 Å². The van der Waals surface area contributed by atoms with Gasteiger partial charge >= 0.3 is 0 Å². The number of fused-ring (bicyclic) bond motifs is 1. The predicted octanol–water partition coefficient (Wildman–Crippen LogP) is 3.16. The molecule has 2 amide bonds. The topological polar surface area (TPSA) is 67.9 Å². The van der Waals surface area contributed by atoms with E-state index < -0.39 is 0 Å². The molecule has 2 aliphatic rings. The van der Waals surface area contributed by atoms with E-state index in [1.165, 1.54) is 0 Å². The standard InChI is InChI=1S/C21H21ClN2O4/c22-17-10-15(11-18-20(17)28-9-8-27-18)12-23-21(26)16-5-3-14(4-6-16)13-24-7-1-2-19(24)25/h3-6,10-11H,1-2,7-9,12-13H2,(H,23,26). The lowest BCUT2D eigenvalue weighted by Gasteiger charge is -2.20. The van der Waals surface area contributed by atoms with Gasteiger partial charge in [0.1, 0.15) is 13.2 Å². The van der Waals surface area contributed by atoms with Crippen LogP contribution in [0.4, 0.5) is 0 Å². The molecule has 146 valence electrons. The maximum Gasteiger partial charge on any atom is 0.251 e. The van der Waals surface area contributed by atoms with Crippen LogP contribution in [0.15, 0.2) is 36.4 Å². The normalized spacial score (nSPS) is 15.6. The van der Waals surface area contributed by atoms with Gasteiger partial charge in [0.15, 0.2) is 11.5 Å². The van der Waals surface area contributed by atoms with E-state index in [4.69, 9.17) is 21.1 Å². The van der Waals surface area contributed by atoms with Gasteiger partial charge in [-0.25, -0.2) is 0 Å². The first-order chi connectivity index (χ1) is 13.6. The van der Waals surface area contributed by atoms with Crippen molar-refractivity contribution in [1.29, 1.82) is 0 Å². The molecule has 0 saturated carbocycles. The zero-order valence-electron chi connectivity index (χ0n) is 15.4. The highest BCUT2D eigenvalue weighted by molar-refractivity contribution is 6.32. The largest absolute Gasteiger partial charge is 0.486 e. The predicted molar refractivity (Wildman–Crippen MR) is 105 cm³/mol. The van der Waals surface area contributed by atoms with Crippen molar-refractivity contribution < 1.29 is 19.1 Å². The number of nitrogens with zero attached hydrogens (tertiary/aromatic N) is 1. The smallest absolute Gasteiger partial charge is 0.251 e. The molecule has 28 heavy (non-hydrogen) atoms. The maximum atomic E-state index is 12.4. The molecule has 4 rings (SSSR count). The minimum Gasteiger partial charge on any atom is -0.486 e. The summed E-state index contributed by atoms with van der Waals surface area (Å²) in [6, 6.07) is 10.9. The van der Waals surface area contributed by atoms with Gasteiger partial charge in [-0.3, -0.25) is 9.59 Å². The lowest BCUT2D eigenvalue weighted by Crippen LogP contribution is -2.24. The molecule has 2 aliphatic heterocycles. The van der Waals surface area contributed by atoms with E-state index in [2.05, 4.69) is 5.32 Å². The molecule has 1 N–H and O–H groups in total. The molecule has 1 saturated heterocycles. The van der Waals surface area contributed by atoms with Crippen LogP contribution in [0.5, 0.6) is 11.5 Å². The molecule has 2 aromatic carbocycles. The van der Waals surface area contributed by atoms with Crippen molar-refractivity contribution in [2.45, 2.75) is 25.9 Å². The van der Waals surface area contributed by atoms with Crippen LogP contribution in [0.25, 0.3) is 0 Å². The number of benzene rings is 2. The molecule has 0 aliphatic carbocycles. The van der Waals surface area contributed by atoms with E-state index in [1.54, 1.807) is 18.2 Å². The van der Waals surface area contributed by atoms with Gasteiger partial charge in [-0.15, -0.1) is 0 Å². The lowest BCUT2D eigenvalue weighted by molar-refractivity contribution is -0.128. The summed E-state index contributed by atoms with van der Waals surface area (Å²) in [5.74, 6) is 1.17. The number of carbonyl (C=O) groups is 2. The van der Waals surface area contributed by atoms with E-state index in [-0.39, 0.29) is 11.8 Å². The fourth-order valence-corrected chi connectivity index (χ4v) is 3.69. The Balaban J connectivity index is 1.36. The second-order valence-corrected chi connectivity index (χ2v) is 7.31. The Morgan fingerprint density at radius 3 is 2.64 bits per heavy atom. The third-order valence-corrected chi connectivity index (χ3v) is 5.15. The average molecular weight is 401 g/mol. The van der Waals surface area contributed by atoms with Gasteiger partial charge in [0, 0.05) is 31.6 Å². The zero-order chi connectivity index (χ0) is 19.5. The van der Waals surface area contributed by atoms with Crippen molar-refractivity contribution in [2.75, 3.05) is 19.8 Å². The Morgan fingerprint density at radius 2 is 1.89 bits per heavy atom. The maximum absolute atomic E-state index is 12.4. The summed E-state index contributed by atoms with van der Waals surface area (Å²) in [5.41, 5.74) is 2.43. The van der Waals surface area contributed by atoms with Crippen molar-refractivity contribution in [3.8, 4) is 11.5 Å². The third kappa shape index (κ3) is 4.07. The van der Waals surface area contributed by atoms with Crippen molar-refractivity contribution in [3.05, 3.63) is 58.1 Å². The monoisotopic (exact) mass is 400 g/mol. The number of amides is 2. The number of halogens is 1. The van der Waals surface area contributed by atoms with Gasteiger partial charge in [0.2, 0.25) is 5.91 Å². The van der Waals surface area contributed by atoms with Crippen LogP contribution < -0.4 is 14.8 Å². The number of carbonyl (C=O) groups excluding carboxylic acids is 2. The molecule has 2 aromatic rings. The molecular formula is C21H21ClN2O4. The third-order valence-electron chi connectivity index (χ3n) is 4.87. The summed E-state index contributed by atoms with van der Waals surface area (Å²) in [6.45, 7) is 2.69. The number of likely N-dealkylation sites (tertiary alicyclic amines) is 1. The number of ether oxygens (including phenoxy) is 2. The molecule has 0 radical (unpaired) electrons.